The number of cyclic esters (lactones) is 1. The Labute approximate surface area is 204 Å². The zero-order chi connectivity index (χ0) is 24.1. The van der Waals surface area contributed by atoms with Crippen LogP contribution in [0.5, 0.6) is 0 Å². The Bertz CT molecular complexity index is 1490. The summed E-state index contributed by atoms with van der Waals surface area (Å²) in [6.45, 7) is 1.26. The lowest BCUT2D eigenvalue weighted by molar-refractivity contribution is -0.113. The molecule has 3 aliphatic heterocycles. The Morgan fingerprint density at radius 2 is 2.00 bits per heavy atom. The van der Waals surface area contributed by atoms with Crippen LogP contribution in [0.3, 0.4) is 0 Å². The van der Waals surface area contributed by atoms with Gasteiger partial charge in [-0.05, 0) is 55.5 Å². The predicted octanol–water partition coefficient (Wildman–Crippen LogP) is 2.96. The number of thioether (sulfide) groups is 1. The number of aryl methyl sites for hydroxylation is 2. The predicted molar refractivity (Wildman–Crippen MR) is 133 cm³/mol. The quantitative estimate of drug-likeness (QED) is 0.588. The highest BCUT2D eigenvalue weighted by Gasteiger charge is 2.33. The van der Waals surface area contributed by atoms with Crippen molar-refractivity contribution in [1.29, 1.82) is 0 Å². The second-order valence-electron chi connectivity index (χ2n) is 9.08. The van der Waals surface area contributed by atoms with Crippen molar-refractivity contribution in [3.8, 4) is 0 Å². The first kappa shape index (κ1) is 22.0. The van der Waals surface area contributed by atoms with Crippen LogP contribution >= 0.6 is 11.8 Å². The molecule has 0 radical (unpaired) electrons. The van der Waals surface area contributed by atoms with Crippen molar-refractivity contribution < 1.29 is 14.3 Å². The molecule has 6 rings (SSSR count). The minimum Gasteiger partial charge on any atom is -0.444 e. The van der Waals surface area contributed by atoms with E-state index >= 15 is 0 Å². The van der Waals surface area contributed by atoms with Crippen molar-refractivity contribution >= 4 is 46.0 Å². The van der Waals surface area contributed by atoms with E-state index < -0.39 is 6.09 Å². The lowest BCUT2D eigenvalue weighted by Crippen LogP contribution is -2.41. The summed E-state index contributed by atoms with van der Waals surface area (Å²) in [5.41, 5.74) is 2.65. The van der Waals surface area contributed by atoms with Gasteiger partial charge in [-0.25, -0.2) is 9.59 Å². The molecule has 3 aromatic rings. The van der Waals surface area contributed by atoms with Gasteiger partial charge in [0.2, 0.25) is 5.91 Å². The normalized spacial score (nSPS) is 19.0. The number of anilines is 2. The summed E-state index contributed by atoms with van der Waals surface area (Å²) in [6, 6.07) is 11.2. The van der Waals surface area contributed by atoms with E-state index in [-0.39, 0.29) is 29.8 Å². The summed E-state index contributed by atoms with van der Waals surface area (Å²) >= 11 is 1.47. The van der Waals surface area contributed by atoms with Gasteiger partial charge in [0.25, 0.3) is 5.56 Å². The van der Waals surface area contributed by atoms with Crippen LogP contribution in [0.2, 0.25) is 0 Å². The second-order valence-corrected chi connectivity index (χ2v) is 10.1. The standard InChI is InChI=1S/C25H24N4O5S/c30-21-14-35-20-9-8-16(12-19(20)26-21)29-13-17(34-25(29)33)6-3-11-28-23(31)18-7-1-4-15-5-2-10-27(22(15)18)24(28)32/h1,4,7-9,12,17H,2-3,5-6,10-11,13-14H2,(H,26,30)/t17-/m1/s1. The second kappa shape index (κ2) is 8.60. The number of hydrogen-bond acceptors (Lipinski definition) is 6. The van der Waals surface area contributed by atoms with Gasteiger partial charge >= 0.3 is 11.8 Å². The number of rotatable bonds is 5. The van der Waals surface area contributed by atoms with E-state index in [0.717, 1.165) is 28.8 Å². The molecule has 35 heavy (non-hydrogen) atoms. The Morgan fingerprint density at radius 1 is 1.11 bits per heavy atom. The van der Waals surface area contributed by atoms with E-state index in [4.69, 9.17) is 4.74 Å². The molecule has 0 saturated carbocycles. The van der Waals surface area contributed by atoms with Gasteiger partial charge in [0, 0.05) is 23.7 Å². The SMILES string of the molecule is O=C1CSc2ccc(N3C[C@@H](CCCn4c(=O)c5cccc6c5n(c4=O)CCC6)OC3=O)cc2N1. The van der Waals surface area contributed by atoms with Crippen molar-refractivity contribution in [3.05, 3.63) is 62.8 Å². The van der Waals surface area contributed by atoms with Crippen LogP contribution in [0.15, 0.2) is 50.9 Å². The van der Waals surface area contributed by atoms with Crippen LogP contribution in [-0.4, -0.2) is 39.5 Å². The van der Waals surface area contributed by atoms with Crippen LogP contribution in [0.1, 0.15) is 24.8 Å². The number of carbonyl (C=O) groups excluding carboxylic acids is 2. The summed E-state index contributed by atoms with van der Waals surface area (Å²) in [7, 11) is 0. The Morgan fingerprint density at radius 3 is 2.89 bits per heavy atom. The van der Waals surface area contributed by atoms with Crippen LogP contribution in [0, 0.1) is 0 Å². The monoisotopic (exact) mass is 492 g/mol. The molecule has 1 saturated heterocycles. The highest BCUT2D eigenvalue weighted by atomic mass is 32.2. The number of fused-ring (bicyclic) bond motifs is 1. The zero-order valence-corrected chi connectivity index (χ0v) is 19.8. The van der Waals surface area contributed by atoms with Crippen molar-refractivity contribution in [1.82, 2.24) is 9.13 Å². The number of aromatic nitrogens is 2. The number of nitrogens with one attached hydrogen (secondary N) is 1. The highest BCUT2D eigenvalue weighted by molar-refractivity contribution is 8.00. The van der Waals surface area contributed by atoms with Gasteiger partial charge in [0.1, 0.15) is 6.10 Å². The lowest BCUT2D eigenvalue weighted by atomic mass is 10.0. The third kappa shape index (κ3) is 3.81. The number of carbonyl (C=O) groups is 2. The third-order valence-electron chi connectivity index (χ3n) is 6.84. The number of para-hydroxylation sites is 1. The molecule has 2 amide bonds. The van der Waals surface area contributed by atoms with Crippen molar-refractivity contribution in [2.75, 3.05) is 22.5 Å². The number of ether oxygens (including phenoxy) is 1. The van der Waals surface area contributed by atoms with E-state index in [0.29, 0.717) is 48.4 Å². The molecule has 3 aliphatic rings. The maximum Gasteiger partial charge on any atom is 0.414 e. The molecule has 0 aliphatic carbocycles. The minimum atomic E-state index is -0.440. The Kier molecular flexibility index (Phi) is 5.40. The number of benzene rings is 2. The number of nitrogens with zero attached hydrogens (tertiary/aromatic N) is 3. The molecule has 1 atom stereocenters. The molecule has 0 spiro atoms. The van der Waals surface area contributed by atoms with Gasteiger partial charge in [0.15, 0.2) is 0 Å². The van der Waals surface area contributed by atoms with E-state index in [9.17, 15) is 19.2 Å². The summed E-state index contributed by atoms with van der Waals surface area (Å²) in [6.07, 6.45) is 2.03. The molecule has 10 heteroatoms. The largest absolute Gasteiger partial charge is 0.444 e. The average molecular weight is 493 g/mol. The van der Waals surface area contributed by atoms with Gasteiger partial charge < -0.3 is 10.1 Å². The van der Waals surface area contributed by atoms with E-state index in [1.54, 1.807) is 21.6 Å². The lowest BCUT2D eigenvalue weighted by Gasteiger charge is -2.20. The molecule has 180 valence electrons. The zero-order valence-electron chi connectivity index (χ0n) is 19.0. The Hall–Kier alpha value is -3.53. The molecule has 1 fully saturated rings. The number of hydrogen-bond donors (Lipinski definition) is 1. The smallest absolute Gasteiger partial charge is 0.414 e. The van der Waals surface area contributed by atoms with Crippen LogP contribution in [0.25, 0.3) is 10.9 Å². The first-order valence-electron chi connectivity index (χ1n) is 11.8. The van der Waals surface area contributed by atoms with Crippen molar-refractivity contribution in [3.63, 3.8) is 0 Å². The number of amides is 2. The maximum atomic E-state index is 13.1. The molecular formula is C25H24N4O5S. The topological polar surface area (TPSA) is 103 Å². The van der Waals surface area contributed by atoms with Crippen LogP contribution in [-0.2, 0) is 29.0 Å². The fraction of sp³-hybridized carbons (Fsp3) is 0.360. The van der Waals surface area contributed by atoms with Crippen molar-refractivity contribution in [2.45, 2.75) is 49.8 Å². The summed E-state index contributed by atoms with van der Waals surface area (Å²) < 4.78 is 8.59. The van der Waals surface area contributed by atoms with E-state index in [1.807, 2.05) is 24.3 Å². The summed E-state index contributed by atoms with van der Waals surface area (Å²) in [5, 5.41) is 3.42. The van der Waals surface area contributed by atoms with Gasteiger partial charge in [-0.2, -0.15) is 0 Å². The maximum absolute atomic E-state index is 13.1. The van der Waals surface area contributed by atoms with E-state index in [2.05, 4.69) is 5.32 Å². The molecular weight excluding hydrogens is 468 g/mol. The summed E-state index contributed by atoms with van der Waals surface area (Å²) in [5.74, 6) is 0.318. The van der Waals surface area contributed by atoms with Gasteiger partial charge in [-0.3, -0.25) is 23.6 Å². The first-order chi connectivity index (χ1) is 17.0. The highest BCUT2D eigenvalue weighted by Crippen LogP contribution is 2.35. The van der Waals surface area contributed by atoms with Gasteiger partial charge in [-0.1, -0.05) is 12.1 Å². The Balaban J connectivity index is 1.16. The van der Waals surface area contributed by atoms with Crippen LogP contribution < -0.4 is 21.5 Å². The molecule has 2 aromatic carbocycles. The minimum absolute atomic E-state index is 0.0632. The molecule has 1 N–H and O–H groups in total. The molecule has 9 nitrogen and oxygen atoms in total. The summed E-state index contributed by atoms with van der Waals surface area (Å²) in [4.78, 5) is 52.9. The first-order valence-corrected chi connectivity index (χ1v) is 12.8. The third-order valence-corrected chi connectivity index (χ3v) is 7.92. The van der Waals surface area contributed by atoms with Gasteiger partial charge in [-0.15, -0.1) is 11.8 Å². The molecule has 0 unspecified atom stereocenters. The molecule has 4 heterocycles. The average Bonchev–Trinajstić information content (AvgIpc) is 3.24. The molecule has 1 aromatic heterocycles. The fourth-order valence-electron chi connectivity index (χ4n) is 5.19. The fourth-order valence-corrected chi connectivity index (χ4v) is 5.98. The molecule has 0 bridgehead atoms. The van der Waals surface area contributed by atoms with Crippen LogP contribution in [0.4, 0.5) is 16.2 Å². The van der Waals surface area contributed by atoms with Crippen molar-refractivity contribution in [2.24, 2.45) is 0 Å². The van der Waals surface area contributed by atoms with Gasteiger partial charge in [0.05, 0.1) is 28.9 Å². The van der Waals surface area contributed by atoms with E-state index in [1.165, 1.54) is 16.3 Å².